The van der Waals surface area contributed by atoms with Crippen molar-refractivity contribution in [2.24, 2.45) is 5.73 Å². The summed E-state index contributed by atoms with van der Waals surface area (Å²) in [5.41, 5.74) is 8.74. The molecule has 2 aliphatic rings. The molecule has 106 valence electrons. The quantitative estimate of drug-likeness (QED) is 0.912. The SMILES string of the molecule is NC(Cc1cncs1)C1(N2CCOCC2)CCCC1. The molecule has 0 radical (unpaired) electrons. The summed E-state index contributed by atoms with van der Waals surface area (Å²) in [6.45, 7) is 3.79. The second-order valence-corrected chi connectivity index (χ2v) is 6.66. The van der Waals surface area contributed by atoms with Crippen molar-refractivity contribution in [2.45, 2.75) is 43.7 Å². The smallest absolute Gasteiger partial charge is 0.0794 e. The lowest BCUT2D eigenvalue weighted by Crippen LogP contribution is -2.61. The molecule has 1 atom stereocenters. The average Bonchev–Trinajstić information content (AvgIpc) is 3.11. The first-order valence-corrected chi connectivity index (χ1v) is 8.15. The van der Waals surface area contributed by atoms with Crippen molar-refractivity contribution in [1.82, 2.24) is 9.88 Å². The van der Waals surface area contributed by atoms with Gasteiger partial charge < -0.3 is 10.5 Å². The number of nitrogens with zero attached hydrogens (tertiary/aromatic N) is 2. The summed E-state index contributed by atoms with van der Waals surface area (Å²) in [5.74, 6) is 0. The van der Waals surface area contributed by atoms with E-state index in [1.807, 2.05) is 11.7 Å². The van der Waals surface area contributed by atoms with Gasteiger partial charge in [-0.1, -0.05) is 12.8 Å². The third-order valence-electron chi connectivity index (χ3n) is 4.71. The fourth-order valence-electron chi connectivity index (χ4n) is 3.67. The van der Waals surface area contributed by atoms with E-state index in [1.54, 1.807) is 11.3 Å². The van der Waals surface area contributed by atoms with Gasteiger partial charge in [0.05, 0.1) is 18.7 Å². The number of thiazole rings is 1. The number of morpholine rings is 1. The highest BCUT2D eigenvalue weighted by Gasteiger charge is 2.44. The van der Waals surface area contributed by atoms with Crippen LogP contribution in [0.1, 0.15) is 30.6 Å². The minimum atomic E-state index is 0.202. The monoisotopic (exact) mass is 281 g/mol. The molecule has 0 amide bonds. The Labute approximate surface area is 119 Å². The Morgan fingerprint density at radius 1 is 1.37 bits per heavy atom. The minimum Gasteiger partial charge on any atom is -0.379 e. The Kier molecular flexibility index (Phi) is 4.17. The second-order valence-electron chi connectivity index (χ2n) is 5.69. The Bertz CT molecular complexity index is 383. The molecule has 1 unspecified atom stereocenters. The molecule has 2 fully saturated rings. The highest BCUT2D eigenvalue weighted by Crippen LogP contribution is 2.39. The minimum absolute atomic E-state index is 0.202. The maximum absolute atomic E-state index is 6.63. The predicted octanol–water partition coefficient (Wildman–Crippen LogP) is 1.66. The van der Waals surface area contributed by atoms with Crippen LogP contribution in [0.3, 0.4) is 0 Å². The Morgan fingerprint density at radius 2 is 2.11 bits per heavy atom. The summed E-state index contributed by atoms with van der Waals surface area (Å²) in [6.07, 6.45) is 8.04. The Hall–Kier alpha value is -0.490. The maximum Gasteiger partial charge on any atom is 0.0794 e. The topological polar surface area (TPSA) is 51.4 Å². The van der Waals surface area contributed by atoms with Gasteiger partial charge in [0.15, 0.2) is 0 Å². The molecule has 0 aromatic carbocycles. The molecule has 19 heavy (non-hydrogen) atoms. The summed E-state index contributed by atoms with van der Waals surface area (Å²) in [4.78, 5) is 8.08. The van der Waals surface area contributed by atoms with Gasteiger partial charge in [-0.15, -0.1) is 11.3 Å². The Morgan fingerprint density at radius 3 is 2.74 bits per heavy atom. The van der Waals surface area contributed by atoms with Gasteiger partial charge in [0, 0.05) is 42.2 Å². The highest BCUT2D eigenvalue weighted by molar-refractivity contribution is 7.09. The predicted molar refractivity (Wildman–Crippen MR) is 77.4 cm³/mol. The molecule has 0 bridgehead atoms. The fourth-order valence-corrected chi connectivity index (χ4v) is 4.32. The van der Waals surface area contributed by atoms with Crippen LogP contribution in [-0.4, -0.2) is 47.8 Å². The van der Waals surface area contributed by atoms with Gasteiger partial charge in [-0.25, -0.2) is 0 Å². The van der Waals surface area contributed by atoms with Gasteiger partial charge in [0.1, 0.15) is 0 Å². The largest absolute Gasteiger partial charge is 0.379 e. The molecule has 5 heteroatoms. The summed E-state index contributed by atoms with van der Waals surface area (Å²) >= 11 is 1.72. The molecule has 0 spiro atoms. The van der Waals surface area contributed by atoms with E-state index in [4.69, 9.17) is 10.5 Å². The van der Waals surface area contributed by atoms with Gasteiger partial charge >= 0.3 is 0 Å². The second kappa shape index (κ2) is 5.87. The van der Waals surface area contributed by atoms with Crippen molar-refractivity contribution in [1.29, 1.82) is 0 Å². The summed E-state index contributed by atoms with van der Waals surface area (Å²) in [5, 5.41) is 0. The van der Waals surface area contributed by atoms with E-state index in [9.17, 15) is 0 Å². The first-order valence-electron chi connectivity index (χ1n) is 7.27. The number of ether oxygens (including phenoxy) is 1. The molecule has 1 saturated heterocycles. The molecule has 1 aromatic rings. The third-order valence-corrected chi connectivity index (χ3v) is 5.51. The lowest BCUT2D eigenvalue weighted by Gasteiger charge is -2.47. The van der Waals surface area contributed by atoms with Crippen LogP contribution in [-0.2, 0) is 11.2 Å². The van der Waals surface area contributed by atoms with Gasteiger partial charge in [0.25, 0.3) is 0 Å². The number of aromatic nitrogens is 1. The first-order chi connectivity index (χ1) is 9.31. The van der Waals surface area contributed by atoms with Crippen molar-refractivity contribution in [3.8, 4) is 0 Å². The van der Waals surface area contributed by atoms with Crippen LogP contribution in [0, 0.1) is 0 Å². The van der Waals surface area contributed by atoms with Crippen molar-refractivity contribution in [3.63, 3.8) is 0 Å². The van der Waals surface area contributed by atoms with E-state index in [0.717, 1.165) is 32.7 Å². The van der Waals surface area contributed by atoms with Crippen LogP contribution >= 0.6 is 11.3 Å². The van der Waals surface area contributed by atoms with Crippen molar-refractivity contribution < 1.29 is 4.74 Å². The molecular formula is C14H23N3OS. The molecule has 3 rings (SSSR count). The molecule has 2 N–H and O–H groups in total. The van der Waals surface area contributed by atoms with Crippen molar-refractivity contribution in [3.05, 3.63) is 16.6 Å². The van der Waals surface area contributed by atoms with Crippen LogP contribution in [0.5, 0.6) is 0 Å². The van der Waals surface area contributed by atoms with Crippen molar-refractivity contribution in [2.75, 3.05) is 26.3 Å². The van der Waals surface area contributed by atoms with E-state index in [0.29, 0.717) is 0 Å². The summed E-state index contributed by atoms with van der Waals surface area (Å²) in [6, 6.07) is 0.216. The van der Waals surface area contributed by atoms with Crippen LogP contribution in [0.4, 0.5) is 0 Å². The third kappa shape index (κ3) is 2.70. The molecule has 2 heterocycles. The summed E-state index contributed by atoms with van der Waals surface area (Å²) in [7, 11) is 0. The number of nitrogens with two attached hydrogens (primary N) is 1. The number of hydrogen-bond donors (Lipinski definition) is 1. The van der Waals surface area contributed by atoms with Gasteiger partial charge in [0.2, 0.25) is 0 Å². The van der Waals surface area contributed by atoms with Gasteiger partial charge in [-0.2, -0.15) is 0 Å². The van der Waals surface area contributed by atoms with Crippen LogP contribution in [0.25, 0.3) is 0 Å². The first kappa shape index (κ1) is 13.5. The lowest BCUT2D eigenvalue weighted by atomic mass is 9.84. The molecule has 1 aromatic heterocycles. The zero-order valence-corrected chi connectivity index (χ0v) is 12.2. The molecular weight excluding hydrogens is 258 g/mol. The van der Waals surface area contributed by atoms with Crippen LogP contribution < -0.4 is 5.73 Å². The van der Waals surface area contributed by atoms with E-state index < -0.39 is 0 Å². The standard InChI is InChI=1S/C14H23N3OS/c15-13(9-12-10-16-11-19-12)14(3-1-2-4-14)17-5-7-18-8-6-17/h10-11,13H,1-9,15H2. The highest BCUT2D eigenvalue weighted by atomic mass is 32.1. The maximum atomic E-state index is 6.63. The number of rotatable bonds is 4. The van der Waals surface area contributed by atoms with E-state index in [2.05, 4.69) is 9.88 Å². The van der Waals surface area contributed by atoms with Crippen LogP contribution in [0.15, 0.2) is 11.7 Å². The van der Waals surface area contributed by atoms with E-state index in [1.165, 1.54) is 30.6 Å². The zero-order valence-electron chi connectivity index (χ0n) is 11.4. The molecule has 4 nitrogen and oxygen atoms in total. The van der Waals surface area contributed by atoms with E-state index in [-0.39, 0.29) is 11.6 Å². The lowest BCUT2D eigenvalue weighted by molar-refractivity contribution is -0.0305. The normalized spacial score (nSPS) is 25.5. The Balaban J connectivity index is 1.75. The fraction of sp³-hybridized carbons (Fsp3) is 0.786. The van der Waals surface area contributed by atoms with Crippen molar-refractivity contribution >= 4 is 11.3 Å². The molecule has 1 aliphatic carbocycles. The van der Waals surface area contributed by atoms with Gasteiger partial charge in [-0.05, 0) is 12.8 Å². The number of hydrogen-bond acceptors (Lipinski definition) is 5. The van der Waals surface area contributed by atoms with Gasteiger partial charge in [-0.3, -0.25) is 9.88 Å². The molecule has 1 aliphatic heterocycles. The molecule has 1 saturated carbocycles. The van der Waals surface area contributed by atoms with E-state index >= 15 is 0 Å². The zero-order chi connectivity index (χ0) is 13.1. The average molecular weight is 281 g/mol. The van der Waals surface area contributed by atoms with Crippen LogP contribution in [0.2, 0.25) is 0 Å². The summed E-state index contributed by atoms with van der Waals surface area (Å²) < 4.78 is 5.50.